The van der Waals surface area contributed by atoms with Gasteiger partial charge in [0.1, 0.15) is 5.82 Å². The molecule has 0 atom stereocenters. The lowest BCUT2D eigenvalue weighted by Gasteiger charge is -2.14. The average molecular weight is 357 g/mol. The van der Waals surface area contributed by atoms with Crippen LogP contribution in [0, 0.1) is 28.9 Å². The lowest BCUT2D eigenvalue weighted by molar-refractivity contribution is 0.184. The van der Waals surface area contributed by atoms with Crippen LogP contribution in [0.1, 0.15) is 17.5 Å². The fraction of sp³-hybridized carbons (Fsp3) is 0.250. The molecule has 0 spiro atoms. The van der Waals surface area contributed by atoms with Crippen LogP contribution in [0.5, 0.6) is 0 Å². The summed E-state index contributed by atoms with van der Waals surface area (Å²) in [6.07, 6.45) is 7.74. The van der Waals surface area contributed by atoms with Crippen molar-refractivity contribution in [3.63, 3.8) is 0 Å². The second-order valence-corrected chi connectivity index (χ2v) is 5.51. The van der Waals surface area contributed by atoms with Crippen LogP contribution in [0.4, 0.5) is 8.78 Å². The molecule has 6 heteroatoms. The molecule has 136 valence electrons. The quantitative estimate of drug-likeness (QED) is 0.542. The summed E-state index contributed by atoms with van der Waals surface area (Å²) >= 11 is 0. The summed E-state index contributed by atoms with van der Waals surface area (Å²) in [6, 6.07) is 2.20. The second kappa shape index (κ2) is 9.54. The number of allylic oxidation sites excluding steroid dienone is 5. The Morgan fingerprint density at radius 3 is 2.62 bits per heavy atom. The molecule has 1 aromatic rings. The van der Waals surface area contributed by atoms with Crippen LogP contribution in [-0.4, -0.2) is 26.4 Å². The van der Waals surface area contributed by atoms with E-state index < -0.39 is 11.6 Å². The number of benzene rings is 1. The molecule has 0 saturated heterocycles. The van der Waals surface area contributed by atoms with Gasteiger partial charge in [0.15, 0.2) is 11.6 Å². The van der Waals surface area contributed by atoms with E-state index in [4.69, 9.17) is 10.1 Å². The van der Waals surface area contributed by atoms with E-state index in [2.05, 4.69) is 22.5 Å². The minimum Gasteiger partial charge on any atom is -0.380 e. The van der Waals surface area contributed by atoms with Crippen molar-refractivity contribution in [3.8, 4) is 11.8 Å². The zero-order valence-corrected chi connectivity index (χ0v) is 14.7. The highest BCUT2D eigenvalue weighted by molar-refractivity contribution is 6.09. The van der Waals surface area contributed by atoms with E-state index >= 15 is 0 Å². The Morgan fingerprint density at radius 2 is 1.92 bits per heavy atom. The van der Waals surface area contributed by atoms with Gasteiger partial charge in [0.05, 0.1) is 12.3 Å². The molecule has 4 nitrogen and oxygen atoms in total. The summed E-state index contributed by atoms with van der Waals surface area (Å²) < 4.78 is 31.8. The van der Waals surface area contributed by atoms with Crippen LogP contribution in [0.15, 0.2) is 47.8 Å². The maximum absolute atomic E-state index is 13.4. The topological polar surface area (TPSA) is 57.1 Å². The zero-order chi connectivity index (χ0) is 18.9. The Kier molecular flexibility index (Phi) is 7.12. The molecule has 0 bridgehead atoms. The lowest BCUT2D eigenvalue weighted by Crippen LogP contribution is -2.27. The third-order valence-electron chi connectivity index (χ3n) is 3.67. The van der Waals surface area contributed by atoms with E-state index in [0.29, 0.717) is 29.8 Å². The van der Waals surface area contributed by atoms with Crippen molar-refractivity contribution >= 4 is 5.71 Å². The fourth-order valence-corrected chi connectivity index (χ4v) is 2.41. The standard InChI is InChI=1S/C20H21F2N3O/c1-24-20(16-8-3-4-9-19(16)23)25-10-6-5-7-14-11-17(21)18(22)12-15(14)13-26-2/h3-4,8-9,11-12,23-25H,6,10,13H2,1-2H3/b20-16+,23-19?. The molecule has 0 saturated carbocycles. The van der Waals surface area contributed by atoms with Crippen LogP contribution in [0.2, 0.25) is 0 Å². The van der Waals surface area contributed by atoms with Crippen LogP contribution in [-0.2, 0) is 11.3 Å². The van der Waals surface area contributed by atoms with E-state index in [1.807, 2.05) is 18.2 Å². The second-order valence-electron chi connectivity index (χ2n) is 5.51. The highest BCUT2D eigenvalue weighted by Crippen LogP contribution is 2.15. The van der Waals surface area contributed by atoms with Gasteiger partial charge in [-0.25, -0.2) is 8.78 Å². The van der Waals surface area contributed by atoms with Gasteiger partial charge < -0.3 is 20.8 Å². The molecule has 0 unspecified atom stereocenters. The molecule has 0 radical (unpaired) electrons. The van der Waals surface area contributed by atoms with E-state index in [9.17, 15) is 8.78 Å². The van der Waals surface area contributed by atoms with Gasteiger partial charge in [0.2, 0.25) is 0 Å². The third-order valence-corrected chi connectivity index (χ3v) is 3.67. The van der Waals surface area contributed by atoms with Crippen LogP contribution in [0.3, 0.4) is 0 Å². The Morgan fingerprint density at radius 1 is 1.19 bits per heavy atom. The van der Waals surface area contributed by atoms with Gasteiger partial charge in [-0.1, -0.05) is 24.0 Å². The predicted molar refractivity (Wildman–Crippen MR) is 98.7 cm³/mol. The summed E-state index contributed by atoms with van der Waals surface area (Å²) in [5.41, 5.74) is 2.12. The number of hydrogen-bond donors (Lipinski definition) is 3. The highest BCUT2D eigenvalue weighted by atomic mass is 19.2. The summed E-state index contributed by atoms with van der Waals surface area (Å²) in [4.78, 5) is 0. The first-order chi connectivity index (χ1) is 12.6. The third kappa shape index (κ3) is 5.04. The minimum atomic E-state index is -0.926. The Labute approximate surface area is 152 Å². The molecule has 1 aliphatic carbocycles. The van der Waals surface area contributed by atoms with Gasteiger partial charge in [0.25, 0.3) is 0 Å². The van der Waals surface area contributed by atoms with Crippen molar-refractivity contribution < 1.29 is 13.5 Å². The molecule has 3 N–H and O–H groups in total. The number of rotatable bonds is 6. The molecule has 0 heterocycles. The lowest BCUT2D eigenvalue weighted by atomic mass is 10.1. The minimum absolute atomic E-state index is 0.164. The molecule has 0 fully saturated rings. The van der Waals surface area contributed by atoms with Gasteiger partial charge in [0, 0.05) is 38.3 Å². The normalized spacial score (nSPS) is 14.7. The van der Waals surface area contributed by atoms with Gasteiger partial charge >= 0.3 is 0 Å². The molecule has 26 heavy (non-hydrogen) atoms. The van der Waals surface area contributed by atoms with Crippen LogP contribution < -0.4 is 10.6 Å². The van der Waals surface area contributed by atoms with Gasteiger partial charge in [-0.2, -0.15) is 0 Å². The average Bonchev–Trinajstić information content (AvgIpc) is 2.63. The van der Waals surface area contributed by atoms with E-state index in [1.54, 1.807) is 13.1 Å². The van der Waals surface area contributed by atoms with Crippen molar-refractivity contribution in [2.45, 2.75) is 13.0 Å². The van der Waals surface area contributed by atoms with Gasteiger partial charge in [-0.05, 0) is 29.8 Å². The van der Waals surface area contributed by atoms with Crippen molar-refractivity contribution in [2.24, 2.45) is 0 Å². The molecule has 0 aliphatic heterocycles. The first-order valence-corrected chi connectivity index (χ1v) is 8.12. The summed E-state index contributed by atoms with van der Waals surface area (Å²) in [7, 11) is 3.26. The number of ether oxygens (including phenoxy) is 1. The molecule has 1 aromatic carbocycles. The Balaban J connectivity index is 2.02. The SMILES string of the molecule is CN/C(NCCC#Cc1cc(F)c(F)cc1COC)=C1/C=CC=CC1=N. The largest absolute Gasteiger partial charge is 0.380 e. The molecular formula is C20H21F2N3O. The molecule has 0 amide bonds. The Hall–Kier alpha value is -2.91. The smallest absolute Gasteiger partial charge is 0.160 e. The highest BCUT2D eigenvalue weighted by Gasteiger charge is 2.09. The fourth-order valence-electron chi connectivity index (χ4n) is 2.41. The van der Waals surface area contributed by atoms with E-state index in [-0.39, 0.29) is 6.61 Å². The van der Waals surface area contributed by atoms with Crippen molar-refractivity contribution in [3.05, 3.63) is 70.6 Å². The Bertz CT molecular complexity index is 829. The first kappa shape index (κ1) is 19.4. The predicted octanol–water partition coefficient (Wildman–Crippen LogP) is 3.02. The van der Waals surface area contributed by atoms with Crippen LogP contribution in [0.25, 0.3) is 0 Å². The number of nitrogens with one attached hydrogen (secondary N) is 3. The van der Waals surface area contributed by atoms with Crippen LogP contribution >= 0.6 is 0 Å². The molecule has 1 aliphatic rings. The maximum Gasteiger partial charge on any atom is 0.160 e. The van der Waals surface area contributed by atoms with Gasteiger partial charge in [-0.15, -0.1) is 0 Å². The number of methoxy groups -OCH3 is 1. The van der Waals surface area contributed by atoms with E-state index in [1.165, 1.54) is 7.11 Å². The van der Waals surface area contributed by atoms with Gasteiger partial charge in [-0.3, -0.25) is 0 Å². The summed E-state index contributed by atoms with van der Waals surface area (Å²) in [6.45, 7) is 0.707. The summed E-state index contributed by atoms with van der Waals surface area (Å²) in [5.74, 6) is 4.72. The zero-order valence-electron chi connectivity index (χ0n) is 14.7. The maximum atomic E-state index is 13.4. The monoisotopic (exact) mass is 357 g/mol. The van der Waals surface area contributed by atoms with Crippen molar-refractivity contribution in [1.29, 1.82) is 5.41 Å². The van der Waals surface area contributed by atoms with Crippen molar-refractivity contribution in [2.75, 3.05) is 20.7 Å². The van der Waals surface area contributed by atoms with E-state index in [0.717, 1.165) is 23.5 Å². The number of halogens is 2. The summed E-state index contributed by atoms with van der Waals surface area (Å²) in [5, 5.41) is 14.2. The van der Waals surface area contributed by atoms with Crippen molar-refractivity contribution in [1.82, 2.24) is 10.6 Å². The number of hydrogen-bond acceptors (Lipinski definition) is 4. The molecular weight excluding hydrogens is 336 g/mol. The first-order valence-electron chi connectivity index (χ1n) is 8.12. The molecule has 2 rings (SSSR count). The molecule has 0 aromatic heterocycles.